The van der Waals surface area contributed by atoms with Gasteiger partial charge in [-0.25, -0.2) is 0 Å². The van der Waals surface area contributed by atoms with Crippen molar-refractivity contribution < 1.29 is 0 Å². The highest BCUT2D eigenvalue weighted by Gasteiger charge is 2.29. The van der Waals surface area contributed by atoms with Gasteiger partial charge in [-0.15, -0.1) is 0 Å². The minimum absolute atomic E-state index is 0.663. The minimum Gasteiger partial charge on any atom is -0.311 e. The Morgan fingerprint density at radius 1 is 1.17 bits per heavy atom. The van der Waals surface area contributed by atoms with E-state index in [2.05, 4.69) is 35.9 Å². The molecule has 0 aromatic carbocycles. The normalized spacial score (nSPS) is 36.5. The average Bonchev–Trinajstić information content (AvgIpc) is 2.58. The second kappa shape index (κ2) is 6.88. The molecular formula is C15H31N3. The molecule has 106 valence electrons. The van der Waals surface area contributed by atoms with E-state index < -0.39 is 0 Å². The van der Waals surface area contributed by atoms with Gasteiger partial charge < -0.3 is 10.2 Å². The molecule has 0 bridgehead atoms. The van der Waals surface area contributed by atoms with Gasteiger partial charge in [-0.2, -0.15) is 0 Å². The van der Waals surface area contributed by atoms with Gasteiger partial charge in [0.1, 0.15) is 0 Å². The first kappa shape index (κ1) is 14.3. The quantitative estimate of drug-likeness (QED) is 0.829. The maximum atomic E-state index is 3.59. The molecule has 3 unspecified atom stereocenters. The smallest absolute Gasteiger partial charge is 0.0196 e. The van der Waals surface area contributed by atoms with E-state index in [0.717, 1.165) is 12.6 Å². The zero-order valence-corrected chi connectivity index (χ0v) is 12.5. The molecular weight excluding hydrogens is 222 g/mol. The Kier molecular flexibility index (Phi) is 5.46. The molecule has 2 rings (SSSR count). The summed E-state index contributed by atoms with van der Waals surface area (Å²) < 4.78 is 0. The molecule has 2 saturated heterocycles. The van der Waals surface area contributed by atoms with Crippen LogP contribution in [0.15, 0.2) is 0 Å². The van der Waals surface area contributed by atoms with E-state index in [9.17, 15) is 0 Å². The number of hydrogen-bond donors (Lipinski definition) is 1. The second-order valence-electron chi connectivity index (χ2n) is 6.28. The van der Waals surface area contributed by atoms with Crippen molar-refractivity contribution in [1.29, 1.82) is 0 Å². The number of likely N-dealkylation sites (tertiary alicyclic amines) is 1. The summed E-state index contributed by atoms with van der Waals surface area (Å²) in [5.74, 6) is 0. The largest absolute Gasteiger partial charge is 0.311 e. The van der Waals surface area contributed by atoms with E-state index in [1.54, 1.807) is 0 Å². The van der Waals surface area contributed by atoms with Gasteiger partial charge in [0, 0.05) is 31.2 Å². The van der Waals surface area contributed by atoms with Crippen molar-refractivity contribution in [2.24, 2.45) is 0 Å². The molecule has 0 aromatic heterocycles. The lowest BCUT2D eigenvalue weighted by Crippen LogP contribution is -2.57. The first-order chi connectivity index (χ1) is 8.70. The van der Waals surface area contributed by atoms with Crippen LogP contribution >= 0.6 is 0 Å². The van der Waals surface area contributed by atoms with Crippen LogP contribution < -0.4 is 5.32 Å². The van der Waals surface area contributed by atoms with Gasteiger partial charge in [0.2, 0.25) is 0 Å². The Morgan fingerprint density at radius 3 is 2.78 bits per heavy atom. The summed E-state index contributed by atoms with van der Waals surface area (Å²) in [6.45, 7) is 13.3. The van der Waals surface area contributed by atoms with Crippen LogP contribution in [0.25, 0.3) is 0 Å². The Hall–Kier alpha value is -0.120. The van der Waals surface area contributed by atoms with Gasteiger partial charge >= 0.3 is 0 Å². The molecule has 0 spiro atoms. The van der Waals surface area contributed by atoms with E-state index in [4.69, 9.17) is 0 Å². The van der Waals surface area contributed by atoms with Crippen LogP contribution in [0.5, 0.6) is 0 Å². The van der Waals surface area contributed by atoms with Crippen LogP contribution in [0, 0.1) is 0 Å². The fourth-order valence-corrected chi connectivity index (χ4v) is 3.57. The summed E-state index contributed by atoms with van der Waals surface area (Å²) in [6.07, 6.45) is 5.45. The molecule has 2 heterocycles. The van der Waals surface area contributed by atoms with E-state index in [1.165, 1.54) is 51.9 Å². The maximum absolute atomic E-state index is 3.59. The molecule has 0 aromatic rings. The van der Waals surface area contributed by atoms with Crippen molar-refractivity contribution in [3.63, 3.8) is 0 Å². The monoisotopic (exact) mass is 253 g/mol. The van der Waals surface area contributed by atoms with Crippen LogP contribution in [0.1, 0.15) is 46.5 Å². The van der Waals surface area contributed by atoms with Gasteiger partial charge in [0.15, 0.2) is 0 Å². The zero-order chi connectivity index (χ0) is 13.0. The number of rotatable bonds is 3. The van der Waals surface area contributed by atoms with Crippen LogP contribution in [0.3, 0.4) is 0 Å². The molecule has 2 aliphatic heterocycles. The molecule has 3 atom stereocenters. The van der Waals surface area contributed by atoms with E-state index in [1.807, 2.05) is 0 Å². The van der Waals surface area contributed by atoms with Crippen LogP contribution in [-0.2, 0) is 0 Å². The predicted octanol–water partition coefficient (Wildman–Crippen LogP) is 1.93. The first-order valence-electron chi connectivity index (χ1n) is 7.92. The summed E-state index contributed by atoms with van der Waals surface area (Å²) in [6, 6.07) is 2.20. The summed E-state index contributed by atoms with van der Waals surface area (Å²) >= 11 is 0. The lowest BCUT2D eigenvalue weighted by atomic mass is 10.0. The summed E-state index contributed by atoms with van der Waals surface area (Å²) in [5.41, 5.74) is 0. The van der Waals surface area contributed by atoms with E-state index in [0.29, 0.717) is 12.1 Å². The van der Waals surface area contributed by atoms with E-state index >= 15 is 0 Å². The van der Waals surface area contributed by atoms with Crippen LogP contribution in [0.4, 0.5) is 0 Å². The number of nitrogens with zero attached hydrogens (tertiary/aromatic N) is 2. The third-order valence-corrected chi connectivity index (χ3v) is 4.61. The van der Waals surface area contributed by atoms with Gasteiger partial charge in [0.05, 0.1) is 0 Å². The van der Waals surface area contributed by atoms with E-state index in [-0.39, 0.29) is 0 Å². The third-order valence-electron chi connectivity index (χ3n) is 4.61. The molecule has 0 amide bonds. The molecule has 1 N–H and O–H groups in total. The van der Waals surface area contributed by atoms with Crippen molar-refractivity contribution in [3.8, 4) is 0 Å². The lowest BCUT2D eigenvalue weighted by molar-refractivity contribution is 0.0859. The van der Waals surface area contributed by atoms with Crippen molar-refractivity contribution in [2.75, 3.05) is 32.7 Å². The third kappa shape index (κ3) is 3.69. The van der Waals surface area contributed by atoms with Gasteiger partial charge in [-0.3, -0.25) is 4.90 Å². The van der Waals surface area contributed by atoms with Crippen molar-refractivity contribution in [2.45, 2.75) is 64.6 Å². The fourth-order valence-electron chi connectivity index (χ4n) is 3.57. The molecule has 2 aliphatic rings. The SMILES string of the molecule is CCCN1CCCC(N2CC(C)NCC2C)CC1. The highest BCUT2D eigenvalue weighted by molar-refractivity contribution is 4.87. The van der Waals surface area contributed by atoms with Crippen LogP contribution in [0.2, 0.25) is 0 Å². The van der Waals surface area contributed by atoms with Crippen LogP contribution in [-0.4, -0.2) is 60.6 Å². The standard InChI is InChI=1S/C15H31N3/c1-4-8-17-9-5-6-15(7-10-17)18-12-13(2)16-11-14(18)3/h13-16H,4-12H2,1-3H3. The minimum atomic E-state index is 0.663. The predicted molar refractivity (Wildman–Crippen MR) is 78.0 cm³/mol. The Morgan fingerprint density at radius 2 is 2.00 bits per heavy atom. The highest BCUT2D eigenvalue weighted by atomic mass is 15.3. The summed E-state index contributed by atoms with van der Waals surface area (Å²) in [7, 11) is 0. The van der Waals surface area contributed by atoms with Gasteiger partial charge in [-0.05, 0) is 59.2 Å². The second-order valence-corrected chi connectivity index (χ2v) is 6.28. The number of hydrogen-bond acceptors (Lipinski definition) is 3. The molecule has 0 aliphatic carbocycles. The molecule has 2 fully saturated rings. The number of nitrogens with one attached hydrogen (secondary N) is 1. The summed E-state index contributed by atoms with van der Waals surface area (Å²) in [4.78, 5) is 5.44. The summed E-state index contributed by atoms with van der Waals surface area (Å²) in [5, 5.41) is 3.59. The molecule has 0 saturated carbocycles. The Labute approximate surface area is 113 Å². The first-order valence-corrected chi connectivity index (χ1v) is 7.92. The Balaban J connectivity index is 1.88. The average molecular weight is 253 g/mol. The van der Waals surface area contributed by atoms with Crippen molar-refractivity contribution in [3.05, 3.63) is 0 Å². The fraction of sp³-hybridized carbons (Fsp3) is 1.00. The van der Waals surface area contributed by atoms with Gasteiger partial charge in [0.25, 0.3) is 0 Å². The highest BCUT2D eigenvalue weighted by Crippen LogP contribution is 2.21. The Bertz CT molecular complexity index is 244. The molecule has 3 heteroatoms. The maximum Gasteiger partial charge on any atom is 0.0196 e. The van der Waals surface area contributed by atoms with Crippen molar-refractivity contribution >= 4 is 0 Å². The molecule has 18 heavy (non-hydrogen) atoms. The number of piperazine rings is 1. The molecule has 3 nitrogen and oxygen atoms in total. The topological polar surface area (TPSA) is 18.5 Å². The molecule has 0 radical (unpaired) electrons. The zero-order valence-electron chi connectivity index (χ0n) is 12.5. The lowest BCUT2D eigenvalue weighted by Gasteiger charge is -2.42. The van der Waals surface area contributed by atoms with Crippen molar-refractivity contribution in [1.82, 2.24) is 15.1 Å². The van der Waals surface area contributed by atoms with Gasteiger partial charge in [-0.1, -0.05) is 6.92 Å².